The molecule has 1 amide bonds. The van der Waals surface area contributed by atoms with Gasteiger partial charge in [-0.05, 0) is 48.0 Å². The number of hydrogen-bond acceptors (Lipinski definition) is 5. The summed E-state index contributed by atoms with van der Waals surface area (Å²) in [7, 11) is 0. The van der Waals surface area contributed by atoms with Crippen LogP contribution in [0.1, 0.15) is 5.56 Å². The molecular formula is C22H17FN2O4. The van der Waals surface area contributed by atoms with Crippen LogP contribution in [-0.4, -0.2) is 24.1 Å². The fraction of sp³-hybridized carbons (Fsp3) is 0.0909. The van der Waals surface area contributed by atoms with Crippen LogP contribution in [0.5, 0.6) is 23.0 Å². The molecule has 3 aromatic rings. The predicted molar refractivity (Wildman–Crippen MR) is 106 cm³/mol. The Morgan fingerprint density at radius 1 is 1.10 bits per heavy atom. The topological polar surface area (TPSA) is 69.7 Å². The van der Waals surface area contributed by atoms with Gasteiger partial charge in [0.05, 0.1) is 6.20 Å². The Bertz CT molecular complexity index is 1050. The number of nitrogens with one attached hydrogen (secondary N) is 1. The maximum Gasteiger partial charge on any atom is 0.248 e. The number of rotatable bonds is 5. The zero-order chi connectivity index (χ0) is 20.1. The number of anilines is 1. The third kappa shape index (κ3) is 4.70. The Morgan fingerprint density at radius 3 is 2.76 bits per heavy atom. The van der Waals surface area contributed by atoms with E-state index in [1.165, 1.54) is 30.5 Å². The predicted octanol–water partition coefficient (Wildman–Crippen LogP) is 4.44. The van der Waals surface area contributed by atoms with Crippen molar-refractivity contribution in [3.05, 3.63) is 78.4 Å². The van der Waals surface area contributed by atoms with Gasteiger partial charge in [-0.1, -0.05) is 6.07 Å². The first-order valence-electron chi connectivity index (χ1n) is 8.93. The molecule has 0 radical (unpaired) electrons. The third-order valence-electron chi connectivity index (χ3n) is 4.06. The number of carbonyl (C=O) groups is 1. The number of nitrogens with zero attached hydrogens (tertiary/aromatic N) is 1. The molecule has 0 saturated heterocycles. The van der Waals surface area contributed by atoms with Crippen molar-refractivity contribution in [2.75, 3.05) is 18.5 Å². The highest BCUT2D eigenvalue weighted by Crippen LogP contribution is 2.32. The van der Waals surface area contributed by atoms with Gasteiger partial charge in [0.15, 0.2) is 23.1 Å². The number of fused-ring (bicyclic) bond motifs is 1. The minimum atomic E-state index is -0.539. The van der Waals surface area contributed by atoms with Crippen molar-refractivity contribution < 1.29 is 23.4 Å². The third-order valence-corrected chi connectivity index (χ3v) is 4.06. The largest absolute Gasteiger partial charge is 0.486 e. The molecular weight excluding hydrogens is 375 g/mol. The van der Waals surface area contributed by atoms with Crippen LogP contribution >= 0.6 is 0 Å². The van der Waals surface area contributed by atoms with Crippen molar-refractivity contribution in [1.82, 2.24) is 4.98 Å². The highest BCUT2D eigenvalue weighted by molar-refractivity contribution is 6.02. The van der Waals surface area contributed by atoms with E-state index in [4.69, 9.17) is 14.2 Å². The van der Waals surface area contributed by atoms with Crippen molar-refractivity contribution in [3.63, 3.8) is 0 Å². The maximum atomic E-state index is 14.3. The lowest BCUT2D eigenvalue weighted by molar-refractivity contribution is -0.111. The van der Waals surface area contributed by atoms with Gasteiger partial charge in [0.1, 0.15) is 19.0 Å². The van der Waals surface area contributed by atoms with Crippen LogP contribution in [0.25, 0.3) is 6.08 Å². The van der Waals surface area contributed by atoms with E-state index in [0.29, 0.717) is 41.7 Å². The Kier molecular flexibility index (Phi) is 5.38. The van der Waals surface area contributed by atoms with Crippen molar-refractivity contribution in [1.29, 1.82) is 0 Å². The lowest BCUT2D eigenvalue weighted by Crippen LogP contribution is -2.16. The van der Waals surface area contributed by atoms with E-state index in [9.17, 15) is 9.18 Å². The number of amides is 1. The standard InChI is InChI=1S/C22H17FN2O4/c23-18-12-15(3-6-19(18)29-17-2-1-9-24-14-17)4-8-22(26)25-16-5-7-20-21(13-16)28-11-10-27-20/h1-9,12-14H,10-11H2,(H,25,26)/b8-4+. The van der Waals surface area contributed by atoms with E-state index in [2.05, 4.69) is 10.3 Å². The van der Waals surface area contributed by atoms with Crippen LogP contribution in [-0.2, 0) is 4.79 Å². The van der Waals surface area contributed by atoms with Crippen LogP contribution in [0, 0.1) is 5.82 Å². The van der Waals surface area contributed by atoms with Crippen molar-refractivity contribution in [3.8, 4) is 23.0 Å². The minimum absolute atomic E-state index is 0.0795. The number of benzene rings is 2. The smallest absolute Gasteiger partial charge is 0.248 e. The van der Waals surface area contributed by atoms with Crippen LogP contribution in [0.15, 0.2) is 67.0 Å². The van der Waals surface area contributed by atoms with Gasteiger partial charge < -0.3 is 19.5 Å². The van der Waals surface area contributed by atoms with E-state index in [0.717, 1.165) is 0 Å². The molecule has 2 aromatic carbocycles. The first-order chi connectivity index (χ1) is 14.2. The van der Waals surface area contributed by atoms with Crippen LogP contribution < -0.4 is 19.5 Å². The molecule has 146 valence electrons. The highest BCUT2D eigenvalue weighted by Gasteiger charge is 2.12. The molecule has 0 spiro atoms. The Balaban J connectivity index is 1.39. The van der Waals surface area contributed by atoms with E-state index in [-0.39, 0.29) is 11.7 Å². The van der Waals surface area contributed by atoms with Gasteiger partial charge in [-0.2, -0.15) is 0 Å². The number of aromatic nitrogens is 1. The van der Waals surface area contributed by atoms with Crippen molar-refractivity contribution >= 4 is 17.7 Å². The number of pyridine rings is 1. The monoisotopic (exact) mass is 392 g/mol. The van der Waals surface area contributed by atoms with E-state index < -0.39 is 5.82 Å². The summed E-state index contributed by atoms with van der Waals surface area (Å²) >= 11 is 0. The summed E-state index contributed by atoms with van der Waals surface area (Å²) in [6.45, 7) is 0.973. The Labute approximate surface area is 166 Å². The summed E-state index contributed by atoms with van der Waals surface area (Å²) in [5, 5.41) is 2.73. The molecule has 1 aliphatic heterocycles. The minimum Gasteiger partial charge on any atom is -0.486 e. The second kappa shape index (κ2) is 8.43. The molecule has 0 saturated carbocycles. The molecule has 29 heavy (non-hydrogen) atoms. The second-order valence-electron chi connectivity index (χ2n) is 6.16. The van der Waals surface area contributed by atoms with Crippen molar-refractivity contribution in [2.45, 2.75) is 0 Å². The van der Waals surface area contributed by atoms with E-state index in [1.807, 2.05) is 0 Å². The second-order valence-corrected chi connectivity index (χ2v) is 6.16. The molecule has 0 aliphatic carbocycles. The molecule has 4 rings (SSSR count). The van der Waals surface area contributed by atoms with Gasteiger partial charge in [0.2, 0.25) is 5.91 Å². The zero-order valence-corrected chi connectivity index (χ0v) is 15.3. The average Bonchev–Trinajstić information content (AvgIpc) is 2.75. The van der Waals surface area contributed by atoms with E-state index >= 15 is 0 Å². The summed E-state index contributed by atoms with van der Waals surface area (Å²) in [5.74, 6) is 0.864. The lowest BCUT2D eigenvalue weighted by atomic mass is 10.2. The van der Waals surface area contributed by atoms with Gasteiger partial charge in [0, 0.05) is 24.0 Å². The zero-order valence-electron chi connectivity index (χ0n) is 15.3. The Hall–Kier alpha value is -3.87. The highest BCUT2D eigenvalue weighted by atomic mass is 19.1. The molecule has 0 unspecified atom stereocenters. The first-order valence-corrected chi connectivity index (χ1v) is 8.93. The van der Waals surface area contributed by atoms with Gasteiger partial charge in [-0.15, -0.1) is 0 Å². The molecule has 0 bridgehead atoms. The fourth-order valence-electron chi connectivity index (χ4n) is 2.71. The Morgan fingerprint density at radius 2 is 1.97 bits per heavy atom. The van der Waals surface area contributed by atoms with Gasteiger partial charge in [-0.25, -0.2) is 4.39 Å². The molecule has 2 heterocycles. The number of ether oxygens (including phenoxy) is 3. The number of halogens is 1. The van der Waals surface area contributed by atoms with Crippen LogP contribution in [0.2, 0.25) is 0 Å². The molecule has 6 nitrogen and oxygen atoms in total. The summed E-state index contributed by atoms with van der Waals surface area (Å²) in [4.78, 5) is 16.1. The lowest BCUT2D eigenvalue weighted by Gasteiger charge is -2.18. The molecule has 1 aromatic heterocycles. The fourth-order valence-corrected chi connectivity index (χ4v) is 2.71. The summed E-state index contributed by atoms with van der Waals surface area (Å²) in [6.07, 6.45) is 5.94. The van der Waals surface area contributed by atoms with E-state index in [1.54, 1.807) is 42.6 Å². The molecule has 0 fully saturated rings. The van der Waals surface area contributed by atoms with Crippen LogP contribution in [0.4, 0.5) is 10.1 Å². The quantitative estimate of drug-likeness (QED) is 0.651. The van der Waals surface area contributed by atoms with Gasteiger partial charge >= 0.3 is 0 Å². The molecule has 0 atom stereocenters. The normalized spacial score (nSPS) is 12.6. The summed E-state index contributed by atoms with van der Waals surface area (Å²) < 4.78 is 30.6. The molecule has 1 N–H and O–H groups in total. The number of hydrogen-bond donors (Lipinski definition) is 1. The van der Waals surface area contributed by atoms with Gasteiger partial charge in [0.25, 0.3) is 0 Å². The maximum absolute atomic E-state index is 14.3. The van der Waals surface area contributed by atoms with Gasteiger partial charge in [-0.3, -0.25) is 9.78 Å². The molecule has 7 heteroatoms. The first kappa shape index (κ1) is 18.5. The number of carbonyl (C=O) groups excluding carboxylic acids is 1. The SMILES string of the molecule is O=C(/C=C/c1ccc(Oc2cccnc2)c(F)c1)Nc1ccc2c(c1)OCCO2. The average molecular weight is 392 g/mol. The summed E-state index contributed by atoms with van der Waals surface area (Å²) in [5.41, 5.74) is 1.11. The van der Waals surface area contributed by atoms with Crippen LogP contribution in [0.3, 0.4) is 0 Å². The molecule has 1 aliphatic rings. The van der Waals surface area contributed by atoms with Crippen molar-refractivity contribution in [2.24, 2.45) is 0 Å². The summed E-state index contributed by atoms with van der Waals surface area (Å²) in [6, 6.07) is 13.0.